The van der Waals surface area contributed by atoms with Crippen molar-refractivity contribution in [2.24, 2.45) is 5.41 Å². The predicted molar refractivity (Wildman–Crippen MR) is 47.5 cm³/mol. The highest BCUT2D eigenvalue weighted by Crippen LogP contribution is 2.29. The molecule has 56 valence electrons. The van der Waals surface area contributed by atoms with Crippen molar-refractivity contribution in [1.29, 1.82) is 0 Å². The Balaban J connectivity index is 3.82. The highest BCUT2D eigenvalue weighted by atomic mass is 79.9. The molecule has 0 N–H and O–H groups in total. The summed E-state index contributed by atoms with van der Waals surface area (Å²) in [4.78, 5) is 0. The first-order valence-corrected chi connectivity index (χ1v) is 5.02. The second kappa shape index (κ2) is 4.56. The molecule has 0 atom stereocenters. The summed E-state index contributed by atoms with van der Waals surface area (Å²) < 4.78 is 0. The molecular weight excluding hydrogens is 199 g/mol. The molecule has 0 saturated heterocycles. The van der Waals surface area contributed by atoms with E-state index < -0.39 is 0 Å². The van der Waals surface area contributed by atoms with Gasteiger partial charge in [-0.25, -0.2) is 0 Å². The summed E-state index contributed by atoms with van der Waals surface area (Å²) in [5.74, 6) is 0.769. The lowest BCUT2D eigenvalue weighted by Crippen LogP contribution is -2.22. The molecule has 2 heteroatoms. The maximum atomic E-state index is 5.79. The molecule has 9 heavy (non-hydrogen) atoms. The monoisotopic (exact) mass is 212 g/mol. The minimum absolute atomic E-state index is 0.349. The van der Waals surface area contributed by atoms with Crippen LogP contribution in [-0.2, 0) is 0 Å². The summed E-state index contributed by atoms with van der Waals surface area (Å²) >= 11 is 9.26. The van der Waals surface area contributed by atoms with E-state index in [1.807, 2.05) is 0 Å². The minimum atomic E-state index is 0.349. The second-order valence-corrected chi connectivity index (χ2v) is 3.30. The van der Waals surface area contributed by atoms with E-state index in [1.165, 1.54) is 0 Å². The van der Waals surface area contributed by atoms with E-state index in [-0.39, 0.29) is 0 Å². The Kier molecular flexibility index (Phi) is 4.96. The van der Waals surface area contributed by atoms with E-state index in [2.05, 4.69) is 29.8 Å². The fourth-order valence-corrected chi connectivity index (χ4v) is 2.36. The second-order valence-electron chi connectivity index (χ2n) is 2.47. The molecular formula is C7H14BrCl. The predicted octanol–water partition coefficient (Wildman–Crippen LogP) is 3.43. The van der Waals surface area contributed by atoms with E-state index >= 15 is 0 Å². The maximum absolute atomic E-state index is 5.79. The molecule has 0 aromatic heterocycles. The molecule has 0 aliphatic rings. The number of hydrogen-bond donors (Lipinski definition) is 0. The summed E-state index contributed by atoms with van der Waals surface area (Å²) in [5.41, 5.74) is 0.349. The highest BCUT2D eigenvalue weighted by Gasteiger charge is 2.22. The minimum Gasteiger partial charge on any atom is -0.126 e. The quantitative estimate of drug-likeness (QED) is 0.628. The molecule has 0 bridgehead atoms. The molecule has 0 fully saturated rings. The average molecular weight is 214 g/mol. The zero-order chi connectivity index (χ0) is 7.33. The molecule has 0 spiro atoms. The Morgan fingerprint density at radius 1 is 1.33 bits per heavy atom. The van der Waals surface area contributed by atoms with Gasteiger partial charge in [-0.2, -0.15) is 0 Å². The van der Waals surface area contributed by atoms with Crippen LogP contribution in [0.5, 0.6) is 0 Å². The fourth-order valence-electron chi connectivity index (χ4n) is 0.664. The Bertz CT molecular complexity index is 51.8. The standard InChI is InChI=1S/C7H14BrCl/c1-3-7(4-2,5-8)6-9/h3-6H2,1-2H3. The van der Waals surface area contributed by atoms with Gasteiger partial charge in [0.15, 0.2) is 0 Å². The third-order valence-corrected chi connectivity index (χ3v) is 3.82. The zero-order valence-electron chi connectivity index (χ0n) is 6.08. The summed E-state index contributed by atoms with van der Waals surface area (Å²) in [5, 5.41) is 1.02. The van der Waals surface area contributed by atoms with E-state index in [0.29, 0.717) is 5.41 Å². The van der Waals surface area contributed by atoms with Gasteiger partial charge >= 0.3 is 0 Å². The zero-order valence-corrected chi connectivity index (χ0v) is 8.43. The van der Waals surface area contributed by atoms with Gasteiger partial charge in [-0.3, -0.25) is 0 Å². The van der Waals surface area contributed by atoms with Crippen LogP contribution in [-0.4, -0.2) is 11.2 Å². The largest absolute Gasteiger partial charge is 0.126 e. The van der Waals surface area contributed by atoms with Crippen molar-refractivity contribution in [3.63, 3.8) is 0 Å². The van der Waals surface area contributed by atoms with Gasteiger partial charge in [0.05, 0.1) is 0 Å². The van der Waals surface area contributed by atoms with Crippen molar-refractivity contribution in [3.8, 4) is 0 Å². The number of alkyl halides is 2. The van der Waals surface area contributed by atoms with Crippen LogP contribution in [0.1, 0.15) is 26.7 Å². The fraction of sp³-hybridized carbons (Fsp3) is 1.00. The lowest BCUT2D eigenvalue weighted by Gasteiger charge is -2.25. The Hall–Kier alpha value is 0.770. The molecule has 0 heterocycles. The van der Waals surface area contributed by atoms with Gasteiger partial charge in [0.2, 0.25) is 0 Å². The van der Waals surface area contributed by atoms with Crippen molar-refractivity contribution >= 4 is 27.5 Å². The van der Waals surface area contributed by atoms with Crippen molar-refractivity contribution in [3.05, 3.63) is 0 Å². The molecule has 0 aromatic carbocycles. The van der Waals surface area contributed by atoms with Crippen molar-refractivity contribution < 1.29 is 0 Å². The number of hydrogen-bond acceptors (Lipinski definition) is 0. The third kappa shape index (κ3) is 2.46. The SMILES string of the molecule is CCC(CC)(CCl)CBr. The summed E-state index contributed by atoms with van der Waals surface area (Å²) in [7, 11) is 0. The topological polar surface area (TPSA) is 0 Å². The molecule has 0 aliphatic carbocycles. The lowest BCUT2D eigenvalue weighted by molar-refractivity contribution is 0.356. The van der Waals surface area contributed by atoms with Crippen molar-refractivity contribution in [2.75, 3.05) is 11.2 Å². The van der Waals surface area contributed by atoms with Gasteiger partial charge < -0.3 is 0 Å². The Labute approximate surface area is 71.1 Å². The highest BCUT2D eigenvalue weighted by molar-refractivity contribution is 9.09. The van der Waals surface area contributed by atoms with Crippen LogP contribution in [0.3, 0.4) is 0 Å². The van der Waals surface area contributed by atoms with Crippen molar-refractivity contribution in [2.45, 2.75) is 26.7 Å². The Morgan fingerprint density at radius 2 is 1.78 bits per heavy atom. The van der Waals surface area contributed by atoms with Crippen LogP contribution in [0.2, 0.25) is 0 Å². The normalized spacial score (nSPS) is 12.0. The molecule has 0 unspecified atom stereocenters. The van der Waals surface area contributed by atoms with Gasteiger partial charge in [0.1, 0.15) is 0 Å². The molecule has 0 saturated carbocycles. The van der Waals surface area contributed by atoms with Crippen LogP contribution in [0.4, 0.5) is 0 Å². The maximum Gasteiger partial charge on any atom is 0.0287 e. The van der Waals surface area contributed by atoms with Gasteiger partial charge in [-0.05, 0) is 18.3 Å². The van der Waals surface area contributed by atoms with E-state index in [0.717, 1.165) is 24.1 Å². The molecule has 0 nitrogen and oxygen atoms in total. The van der Waals surface area contributed by atoms with Crippen LogP contribution < -0.4 is 0 Å². The Morgan fingerprint density at radius 3 is 1.78 bits per heavy atom. The lowest BCUT2D eigenvalue weighted by atomic mass is 9.87. The van der Waals surface area contributed by atoms with Crippen LogP contribution >= 0.6 is 27.5 Å². The van der Waals surface area contributed by atoms with Crippen LogP contribution in [0.15, 0.2) is 0 Å². The van der Waals surface area contributed by atoms with Crippen LogP contribution in [0, 0.1) is 5.41 Å². The van der Waals surface area contributed by atoms with Gasteiger partial charge in [0, 0.05) is 11.2 Å². The first kappa shape index (κ1) is 9.77. The third-order valence-electron chi connectivity index (χ3n) is 2.07. The summed E-state index contributed by atoms with van der Waals surface area (Å²) in [6.45, 7) is 4.38. The number of rotatable bonds is 4. The average Bonchev–Trinajstić information content (AvgIpc) is 1.95. The van der Waals surface area contributed by atoms with Gasteiger partial charge in [-0.15, -0.1) is 11.6 Å². The first-order chi connectivity index (χ1) is 4.24. The smallest absolute Gasteiger partial charge is 0.0287 e. The first-order valence-electron chi connectivity index (χ1n) is 3.36. The van der Waals surface area contributed by atoms with E-state index in [4.69, 9.17) is 11.6 Å². The molecule has 0 aromatic rings. The molecule has 0 aliphatic heterocycles. The van der Waals surface area contributed by atoms with E-state index in [1.54, 1.807) is 0 Å². The summed E-state index contributed by atoms with van der Waals surface area (Å²) in [6.07, 6.45) is 2.33. The summed E-state index contributed by atoms with van der Waals surface area (Å²) in [6, 6.07) is 0. The molecule has 0 radical (unpaired) electrons. The van der Waals surface area contributed by atoms with E-state index in [9.17, 15) is 0 Å². The van der Waals surface area contributed by atoms with Gasteiger partial charge in [0.25, 0.3) is 0 Å². The van der Waals surface area contributed by atoms with Crippen molar-refractivity contribution in [1.82, 2.24) is 0 Å². The molecule has 0 rings (SSSR count). The number of halogens is 2. The van der Waals surface area contributed by atoms with Crippen LogP contribution in [0.25, 0.3) is 0 Å². The van der Waals surface area contributed by atoms with Gasteiger partial charge in [-0.1, -0.05) is 29.8 Å². The molecule has 0 amide bonds.